The summed E-state index contributed by atoms with van der Waals surface area (Å²) >= 11 is 0. The Morgan fingerprint density at radius 1 is 1.58 bits per heavy atom. The number of unbranched alkanes of at least 4 members (excludes halogenated alkanes) is 1. The summed E-state index contributed by atoms with van der Waals surface area (Å²) in [6.45, 7) is 9.77. The maximum Gasteiger partial charge on any atom is 0.177 e. The lowest BCUT2D eigenvalue weighted by molar-refractivity contribution is -0.463. The van der Waals surface area contributed by atoms with Crippen molar-refractivity contribution in [2.24, 2.45) is 5.92 Å². The van der Waals surface area contributed by atoms with Crippen LogP contribution in [0.25, 0.3) is 0 Å². The van der Waals surface area contributed by atoms with Crippen LogP contribution in [0.3, 0.4) is 0 Å². The van der Waals surface area contributed by atoms with E-state index in [4.69, 9.17) is 0 Å². The molecule has 1 heteroatoms. The number of rotatable bonds is 3. The SMILES string of the molecule is C=C1C(CCCC)=[NH+]CC[C@H]1C. The highest BCUT2D eigenvalue weighted by Crippen LogP contribution is 2.16. The van der Waals surface area contributed by atoms with E-state index >= 15 is 0 Å². The Morgan fingerprint density at radius 3 is 3.00 bits per heavy atom. The number of nitrogens with one attached hydrogen (secondary N) is 1. The fourth-order valence-electron chi connectivity index (χ4n) is 1.63. The number of allylic oxidation sites excluding steroid dienone is 1. The normalized spacial score (nSPS) is 24.0. The summed E-state index contributed by atoms with van der Waals surface area (Å²) in [7, 11) is 0. The minimum absolute atomic E-state index is 0.693. The Kier molecular flexibility index (Phi) is 3.51. The van der Waals surface area contributed by atoms with Crippen LogP contribution in [-0.4, -0.2) is 12.3 Å². The van der Waals surface area contributed by atoms with Crippen molar-refractivity contribution in [2.45, 2.75) is 39.5 Å². The third kappa shape index (κ3) is 2.20. The molecule has 1 aliphatic rings. The van der Waals surface area contributed by atoms with Gasteiger partial charge in [-0.15, -0.1) is 0 Å². The largest absolute Gasteiger partial charge is 0.245 e. The van der Waals surface area contributed by atoms with Gasteiger partial charge >= 0.3 is 0 Å². The van der Waals surface area contributed by atoms with Crippen LogP contribution in [0, 0.1) is 5.92 Å². The van der Waals surface area contributed by atoms with Crippen molar-refractivity contribution in [3.05, 3.63) is 12.2 Å². The summed E-state index contributed by atoms with van der Waals surface area (Å²) in [6, 6.07) is 0. The average molecular weight is 166 g/mol. The quantitative estimate of drug-likeness (QED) is 0.649. The molecule has 0 radical (unpaired) electrons. The summed E-state index contributed by atoms with van der Waals surface area (Å²) in [5.74, 6) is 0.693. The van der Waals surface area contributed by atoms with Crippen molar-refractivity contribution in [3.8, 4) is 0 Å². The molecule has 0 unspecified atom stereocenters. The van der Waals surface area contributed by atoms with E-state index in [2.05, 4.69) is 25.4 Å². The second-order valence-corrected chi connectivity index (χ2v) is 3.72. The van der Waals surface area contributed by atoms with Crippen molar-refractivity contribution < 1.29 is 4.99 Å². The number of hydrogen-bond acceptors (Lipinski definition) is 0. The van der Waals surface area contributed by atoms with Gasteiger partial charge in [-0.3, -0.25) is 0 Å². The molecule has 0 aromatic rings. The van der Waals surface area contributed by atoms with Gasteiger partial charge < -0.3 is 0 Å². The Hall–Kier alpha value is -0.590. The van der Waals surface area contributed by atoms with Gasteiger partial charge in [0.05, 0.1) is 0 Å². The van der Waals surface area contributed by atoms with Crippen LogP contribution >= 0.6 is 0 Å². The first kappa shape index (κ1) is 9.50. The van der Waals surface area contributed by atoms with Crippen LogP contribution in [0.5, 0.6) is 0 Å². The number of hydrogen-bond donors (Lipinski definition) is 1. The van der Waals surface area contributed by atoms with Gasteiger partial charge in [0.2, 0.25) is 0 Å². The molecule has 1 atom stereocenters. The third-order valence-electron chi connectivity index (χ3n) is 2.68. The highest BCUT2D eigenvalue weighted by molar-refractivity contribution is 5.95. The van der Waals surface area contributed by atoms with Gasteiger partial charge in [-0.25, -0.2) is 4.99 Å². The van der Waals surface area contributed by atoms with E-state index in [1.807, 2.05) is 0 Å². The summed E-state index contributed by atoms with van der Waals surface area (Å²) in [6.07, 6.45) is 5.00. The van der Waals surface area contributed by atoms with E-state index in [-0.39, 0.29) is 0 Å². The van der Waals surface area contributed by atoms with Crippen LogP contribution in [0.4, 0.5) is 0 Å². The highest BCUT2D eigenvalue weighted by Gasteiger charge is 2.21. The molecule has 0 aromatic heterocycles. The van der Waals surface area contributed by atoms with Crippen LogP contribution < -0.4 is 4.99 Å². The van der Waals surface area contributed by atoms with Gasteiger partial charge in [-0.05, 0) is 12.3 Å². The first-order valence-electron chi connectivity index (χ1n) is 5.04. The van der Waals surface area contributed by atoms with Crippen LogP contribution in [0.2, 0.25) is 0 Å². The van der Waals surface area contributed by atoms with Crippen LogP contribution in [0.15, 0.2) is 12.2 Å². The lowest BCUT2D eigenvalue weighted by Crippen LogP contribution is -2.75. The summed E-state index contributed by atoms with van der Waals surface area (Å²) in [4.78, 5) is 3.45. The Bertz CT molecular complexity index is 191. The van der Waals surface area contributed by atoms with Crippen LogP contribution in [0.1, 0.15) is 39.5 Å². The average Bonchev–Trinajstić information content (AvgIpc) is 2.08. The molecule has 1 rings (SSSR count). The van der Waals surface area contributed by atoms with E-state index in [1.165, 1.54) is 37.0 Å². The van der Waals surface area contributed by atoms with Crippen molar-refractivity contribution in [1.82, 2.24) is 0 Å². The fourth-order valence-corrected chi connectivity index (χ4v) is 1.63. The van der Waals surface area contributed by atoms with Gasteiger partial charge in [0.25, 0.3) is 0 Å². The van der Waals surface area contributed by atoms with Gasteiger partial charge in [-0.1, -0.05) is 26.8 Å². The highest BCUT2D eigenvalue weighted by atomic mass is 14.8. The van der Waals surface area contributed by atoms with Crippen molar-refractivity contribution >= 4 is 5.71 Å². The smallest absolute Gasteiger partial charge is 0.177 e. The predicted octanol–water partition coefficient (Wildman–Crippen LogP) is 1.29. The molecule has 0 saturated carbocycles. The van der Waals surface area contributed by atoms with E-state index in [0.717, 1.165) is 6.54 Å². The standard InChI is InChI=1S/C11H19N/c1-4-5-6-11-10(3)9(2)7-8-12-11/h9H,3-8H2,1-2H3/p+1/t9-/m1/s1. The summed E-state index contributed by atoms with van der Waals surface area (Å²) in [5.41, 5.74) is 2.75. The zero-order valence-corrected chi connectivity index (χ0v) is 8.32. The second kappa shape index (κ2) is 4.44. The zero-order valence-electron chi connectivity index (χ0n) is 8.32. The minimum atomic E-state index is 0.693. The predicted molar refractivity (Wildman–Crippen MR) is 53.3 cm³/mol. The summed E-state index contributed by atoms with van der Waals surface area (Å²) < 4.78 is 0. The molecule has 1 N–H and O–H groups in total. The van der Waals surface area contributed by atoms with E-state index in [9.17, 15) is 0 Å². The molecule has 0 spiro atoms. The van der Waals surface area contributed by atoms with Crippen molar-refractivity contribution in [3.63, 3.8) is 0 Å². The maximum absolute atomic E-state index is 4.13. The van der Waals surface area contributed by atoms with Crippen molar-refractivity contribution in [2.75, 3.05) is 6.54 Å². The molecule has 68 valence electrons. The molecule has 0 bridgehead atoms. The summed E-state index contributed by atoms with van der Waals surface area (Å²) in [5, 5.41) is 0. The molecule has 0 fully saturated rings. The Morgan fingerprint density at radius 2 is 2.33 bits per heavy atom. The lowest BCUT2D eigenvalue weighted by Gasteiger charge is -2.16. The third-order valence-corrected chi connectivity index (χ3v) is 2.68. The molecule has 1 heterocycles. The van der Waals surface area contributed by atoms with Gasteiger partial charge in [0, 0.05) is 18.4 Å². The van der Waals surface area contributed by atoms with E-state index < -0.39 is 0 Å². The molecule has 0 aliphatic carbocycles. The monoisotopic (exact) mass is 166 g/mol. The molecule has 0 aromatic carbocycles. The molecule has 0 amide bonds. The fraction of sp³-hybridized carbons (Fsp3) is 0.727. The van der Waals surface area contributed by atoms with Crippen molar-refractivity contribution in [1.29, 1.82) is 0 Å². The second-order valence-electron chi connectivity index (χ2n) is 3.72. The minimum Gasteiger partial charge on any atom is -0.245 e. The zero-order chi connectivity index (χ0) is 8.97. The topological polar surface area (TPSA) is 14.0 Å². The van der Waals surface area contributed by atoms with E-state index in [1.54, 1.807) is 0 Å². The molecular weight excluding hydrogens is 146 g/mol. The van der Waals surface area contributed by atoms with E-state index in [0.29, 0.717) is 5.92 Å². The van der Waals surface area contributed by atoms with Gasteiger partial charge in [0.1, 0.15) is 6.54 Å². The molecule has 12 heavy (non-hydrogen) atoms. The van der Waals surface area contributed by atoms with Crippen LogP contribution in [-0.2, 0) is 0 Å². The van der Waals surface area contributed by atoms with Gasteiger partial charge in [0.15, 0.2) is 5.71 Å². The molecule has 1 aliphatic heterocycles. The van der Waals surface area contributed by atoms with Gasteiger partial charge in [-0.2, -0.15) is 0 Å². The first-order valence-corrected chi connectivity index (χ1v) is 5.04. The lowest BCUT2D eigenvalue weighted by atomic mass is 9.90. The molecule has 0 saturated heterocycles. The Labute approximate surface area is 75.6 Å². The molecule has 1 nitrogen and oxygen atoms in total. The molecular formula is C11H20N+. The Balaban J connectivity index is 2.51. The maximum atomic E-state index is 4.13. The first-order chi connectivity index (χ1) is 5.75.